The third kappa shape index (κ3) is 3.72. The van der Waals surface area contributed by atoms with E-state index in [1.165, 1.54) is 54.0 Å². The highest BCUT2D eigenvalue weighted by Crippen LogP contribution is 2.56. The van der Waals surface area contributed by atoms with Crippen molar-refractivity contribution in [3.63, 3.8) is 0 Å². The van der Waals surface area contributed by atoms with E-state index in [4.69, 9.17) is 33.2 Å². The molecule has 0 N–H and O–H groups in total. The van der Waals surface area contributed by atoms with E-state index in [1.807, 2.05) is 30.0 Å². The lowest BCUT2D eigenvalue weighted by atomic mass is 9.87. The van der Waals surface area contributed by atoms with Crippen molar-refractivity contribution >= 4 is 52.4 Å². The highest BCUT2D eigenvalue weighted by Gasteiger charge is 2.44. The third-order valence-electron chi connectivity index (χ3n) is 6.07. The van der Waals surface area contributed by atoms with Crippen LogP contribution in [0, 0.1) is 0 Å². The van der Waals surface area contributed by atoms with Crippen LogP contribution in [0.3, 0.4) is 0 Å². The number of unbranched alkanes of at least 4 members (excludes halogenated alkanes) is 1. The van der Waals surface area contributed by atoms with Gasteiger partial charge in [0, 0.05) is 21.5 Å². The van der Waals surface area contributed by atoms with Gasteiger partial charge in [-0.3, -0.25) is 4.99 Å². The summed E-state index contributed by atoms with van der Waals surface area (Å²) in [6, 6.07) is 5.65. The Morgan fingerprint density at radius 3 is 2.80 bits per heavy atom. The normalized spacial score (nSPS) is 22.0. The fourth-order valence-corrected chi connectivity index (χ4v) is 7.87. The predicted molar refractivity (Wildman–Crippen MR) is 128 cm³/mol. The second kappa shape index (κ2) is 8.85. The number of hydrogen-bond donors (Lipinski definition) is 0. The molecule has 2 atom stereocenters. The molecule has 30 heavy (non-hydrogen) atoms. The number of allylic oxidation sites excluding steroid dienone is 1. The average Bonchev–Trinajstić information content (AvgIpc) is 3.36. The predicted octanol–water partition coefficient (Wildman–Crippen LogP) is 7.72. The Labute approximate surface area is 196 Å². The van der Waals surface area contributed by atoms with Crippen molar-refractivity contribution < 1.29 is 0 Å². The smallest absolute Gasteiger partial charge is 0.117 e. The standard InChI is InChI=1S/C23H23Cl2N3S2/c1-2-3-10-18-13-6-4-7-14(13)19-20-21(30-22(19)28-18)23(27-12-26-20)29-11-15-16(24)8-5-9-17(15)25/h5,8-9,12,19,22H,2-4,6-7,10-11H2,1H3/t19-,22+/m0/s1. The van der Waals surface area contributed by atoms with E-state index in [2.05, 4.69) is 11.9 Å². The molecule has 1 aromatic heterocycles. The summed E-state index contributed by atoms with van der Waals surface area (Å²) in [6.07, 6.45) is 8.85. The van der Waals surface area contributed by atoms with Gasteiger partial charge < -0.3 is 0 Å². The Bertz CT molecular complexity index is 1030. The van der Waals surface area contributed by atoms with Gasteiger partial charge in [0.05, 0.1) is 16.5 Å². The van der Waals surface area contributed by atoms with E-state index in [1.54, 1.807) is 23.7 Å². The minimum atomic E-state index is 0.212. The highest BCUT2D eigenvalue weighted by atomic mass is 35.5. The molecule has 1 aromatic carbocycles. The second-order valence-electron chi connectivity index (χ2n) is 7.90. The van der Waals surface area contributed by atoms with Crippen molar-refractivity contribution in [2.45, 2.75) is 72.4 Å². The van der Waals surface area contributed by atoms with Crippen LogP contribution >= 0.6 is 46.7 Å². The van der Waals surface area contributed by atoms with Crippen molar-refractivity contribution in [3.8, 4) is 0 Å². The number of fused-ring (bicyclic) bond motifs is 4. The van der Waals surface area contributed by atoms with E-state index in [0.717, 1.165) is 17.0 Å². The van der Waals surface area contributed by atoms with Gasteiger partial charge >= 0.3 is 0 Å². The van der Waals surface area contributed by atoms with Crippen LogP contribution in [0.4, 0.5) is 0 Å². The van der Waals surface area contributed by atoms with Gasteiger partial charge in [-0.2, -0.15) is 0 Å². The maximum Gasteiger partial charge on any atom is 0.117 e. The Kier molecular flexibility index (Phi) is 6.16. The first-order chi connectivity index (χ1) is 14.7. The summed E-state index contributed by atoms with van der Waals surface area (Å²) < 4.78 is 0. The number of aromatic nitrogens is 2. The van der Waals surface area contributed by atoms with Gasteiger partial charge in [0.25, 0.3) is 0 Å². The molecule has 0 amide bonds. The van der Waals surface area contributed by atoms with Crippen LogP contribution in [0.2, 0.25) is 10.0 Å². The summed E-state index contributed by atoms with van der Waals surface area (Å²) in [6.45, 7) is 2.25. The summed E-state index contributed by atoms with van der Waals surface area (Å²) in [5.41, 5.74) is 6.61. The molecule has 1 aliphatic carbocycles. The van der Waals surface area contributed by atoms with Crippen LogP contribution in [-0.2, 0) is 5.75 Å². The number of rotatable bonds is 6. The van der Waals surface area contributed by atoms with Crippen LogP contribution in [0.1, 0.15) is 62.6 Å². The summed E-state index contributed by atoms with van der Waals surface area (Å²) in [7, 11) is 0. The van der Waals surface area contributed by atoms with Gasteiger partial charge in [-0.05, 0) is 55.4 Å². The Balaban J connectivity index is 1.45. The lowest BCUT2D eigenvalue weighted by Crippen LogP contribution is -2.21. The van der Waals surface area contributed by atoms with E-state index in [9.17, 15) is 0 Å². The van der Waals surface area contributed by atoms with Crippen molar-refractivity contribution in [1.82, 2.24) is 9.97 Å². The third-order valence-corrected chi connectivity index (χ3v) is 9.18. The van der Waals surface area contributed by atoms with Crippen molar-refractivity contribution in [1.29, 1.82) is 0 Å². The molecule has 0 spiro atoms. The minimum absolute atomic E-state index is 0.212. The van der Waals surface area contributed by atoms with E-state index >= 15 is 0 Å². The number of benzene rings is 1. The molecule has 0 unspecified atom stereocenters. The Morgan fingerprint density at radius 2 is 2.00 bits per heavy atom. The molecule has 156 valence electrons. The first kappa shape index (κ1) is 20.9. The van der Waals surface area contributed by atoms with E-state index < -0.39 is 0 Å². The molecule has 5 rings (SSSR count). The van der Waals surface area contributed by atoms with E-state index in [-0.39, 0.29) is 5.37 Å². The molecule has 3 heterocycles. The van der Waals surface area contributed by atoms with Crippen molar-refractivity contribution in [2.75, 3.05) is 0 Å². The largest absolute Gasteiger partial charge is 0.274 e. The summed E-state index contributed by atoms with van der Waals surface area (Å²) in [5, 5.41) is 2.63. The maximum absolute atomic E-state index is 6.37. The van der Waals surface area contributed by atoms with E-state index in [0.29, 0.717) is 21.7 Å². The molecule has 0 radical (unpaired) electrons. The molecule has 2 aromatic rings. The Morgan fingerprint density at radius 1 is 1.17 bits per heavy atom. The lowest BCUT2D eigenvalue weighted by molar-refractivity contribution is 0.687. The van der Waals surface area contributed by atoms with Crippen LogP contribution in [0.25, 0.3) is 0 Å². The number of nitrogens with zero attached hydrogens (tertiary/aromatic N) is 3. The van der Waals surface area contributed by atoms with Crippen LogP contribution in [0.5, 0.6) is 0 Å². The number of halogens is 2. The molecule has 7 heteroatoms. The molecule has 0 saturated carbocycles. The number of hydrogen-bond acceptors (Lipinski definition) is 5. The second-order valence-corrected chi connectivity index (χ2v) is 10.8. The van der Waals surface area contributed by atoms with Gasteiger partial charge in [0.2, 0.25) is 0 Å². The average molecular weight is 476 g/mol. The molecular weight excluding hydrogens is 453 g/mol. The molecular formula is C23H23Cl2N3S2. The SMILES string of the molecule is CCCCC1=N[C@@H]2Sc3c(SCc4c(Cl)cccc4Cl)ncnc3[C@@H]2C2=C1CCC2. The fourth-order valence-electron chi connectivity index (χ4n) is 4.61. The Hall–Kier alpha value is -1.01. The van der Waals surface area contributed by atoms with Crippen molar-refractivity contribution in [2.24, 2.45) is 4.99 Å². The number of thioether (sulfide) groups is 2. The van der Waals surface area contributed by atoms with Crippen LogP contribution in [0.15, 0.2) is 50.6 Å². The zero-order chi connectivity index (χ0) is 20.7. The zero-order valence-corrected chi connectivity index (χ0v) is 20.0. The highest BCUT2D eigenvalue weighted by molar-refractivity contribution is 8.02. The summed E-state index contributed by atoms with van der Waals surface area (Å²) in [4.78, 5) is 15.8. The molecule has 0 bridgehead atoms. The maximum atomic E-state index is 6.37. The van der Waals surface area contributed by atoms with Gasteiger partial charge in [-0.1, -0.05) is 59.9 Å². The van der Waals surface area contributed by atoms with Crippen molar-refractivity contribution in [3.05, 3.63) is 57.0 Å². The van der Waals surface area contributed by atoms with Crippen LogP contribution < -0.4 is 0 Å². The fraction of sp³-hybridized carbons (Fsp3) is 0.435. The first-order valence-electron chi connectivity index (χ1n) is 10.5. The molecule has 2 aliphatic heterocycles. The van der Waals surface area contributed by atoms with Crippen LogP contribution in [-0.4, -0.2) is 21.1 Å². The first-order valence-corrected chi connectivity index (χ1v) is 13.2. The monoisotopic (exact) mass is 475 g/mol. The topological polar surface area (TPSA) is 38.1 Å². The summed E-state index contributed by atoms with van der Waals surface area (Å²) >= 11 is 16.3. The molecule has 3 aliphatic rings. The van der Waals surface area contributed by atoms with Gasteiger partial charge in [-0.25, -0.2) is 9.97 Å². The lowest BCUT2D eigenvalue weighted by Gasteiger charge is -2.26. The zero-order valence-electron chi connectivity index (χ0n) is 16.8. The molecule has 0 fully saturated rings. The number of aliphatic imine (C=N–C) groups is 1. The van der Waals surface area contributed by atoms with Gasteiger partial charge in [0.15, 0.2) is 0 Å². The number of dihydropyridines is 1. The van der Waals surface area contributed by atoms with Gasteiger partial charge in [0.1, 0.15) is 16.7 Å². The minimum Gasteiger partial charge on any atom is -0.274 e. The summed E-state index contributed by atoms with van der Waals surface area (Å²) in [5.74, 6) is 1.01. The molecule has 3 nitrogen and oxygen atoms in total. The van der Waals surface area contributed by atoms with Gasteiger partial charge in [-0.15, -0.1) is 11.8 Å². The quantitative estimate of drug-likeness (QED) is 0.316. The molecule has 0 saturated heterocycles.